The van der Waals surface area contributed by atoms with Crippen molar-refractivity contribution in [3.63, 3.8) is 0 Å². The lowest BCUT2D eigenvalue weighted by atomic mass is 9.97. The first kappa shape index (κ1) is 20.4. The molecule has 154 valence electrons. The summed E-state index contributed by atoms with van der Waals surface area (Å²) in [5.74, 6) is 1.13. The summed E-state index contributed by atoms with van der Waals surface area (Å²) in [6.45, 7) is 5.25. The van der Waals surface area contributed by atoms with Crippen molar-refractivity contribution in [3.8, 4) is 0 Å². The van der Waals surface area contributed by atoms with Crippen LogP contribution in [0.3, 0.4) is 0 Å². The fourth-order valence-corrected chi connectivity index (χ4v) is 4.65. The van der Waals surface area contributed by atoms with E-state index in [9.17, 15) is 4.79 Å². The standard InChI is InChI=1S/C21H25Cl2N5O/c1-13-2-5-18-19(13)20(26-12-25-18)27-6-8-28(9-7-27)21(29)15(11-24)14-3-4-16(22)17(23)10-14/h3-4,10,12-13,15H,2,5-9,11,24H2,1H3/t13-,15+/m1/s1. The summed E-state index contributed by atoms with van der Waals surface area (Å²) in [5, 5.41) is 0.908. The molecule has 1 aliphatic carbocycles. The highest BCUT2D eigenvalue weighted by molar-refractivity contribution is 6.42. The summed E-state index contributed by atoms with van der Waals surface area (Å²) in [6, 6.07) is 5.27. The molecular formula is C21H25Cl2N5O. The number of carbonyl (C=O) groups excluding carboxylic acids is 1. The minimum Gasteiger partial charge on any atom is -0.353 e. The van der Waals surface area contributed by atoms with Crippen molar-refractivity contribution in [2.45, 2.75) is 31.6 Å². The molecule has 2 aromatic rings. The Hall–Kier alpha value is -1.89. The first-order chi connectivity index (χ1) is 14.0. The minimum absolute atomic E-state index is 0.0341. The van der Waals surface area contributed by atoms with E-state index < -0.39 is 5.92 Å². The maximum Gasteiger partial charge on any atom is 0.231 e. The van der Waals surface area contributed by atoms with Crippen LogP contribution in [0, 0.1) is 0 Å². The number of aromatic nitrogens is 2. The number of piperazine rings is 1. The number of nitrogens with zero attached hydrogens (tertiary/aromatic N) is 4. The van der Waals surface area contributed by atoms with Gasteiger partial charge < -0.3 is 15.5 Å². The van der Waals surface area contributed by atoms with Gasteiger partial charge in [-0.25, -0.2) is 9.97 Å². The summed E-state index contributed by atoms with van der Waals surface area (Å²) < 4.78 is 0. The Balaban J connectivity index is 1.46. The molecule has 8 heteroatoms. The van der Waals surface area contributed by atoms with E-state index in [0.717, 1.165) is 37.3 Å². The number of amides is 1. The molecule has 2 atom stereocenters. The van der Waals surface area contributed by atoms with Gasteiger partial charge in [0.25, 0.3) is 0 Å². The highest BCUT2D eigenvalue weighted by Crippen LogP contribution is 2.37. The van der Waals surface area contributed by atoms with Crippen molar-refractivity contribution in [1.29, 1.82) is 0 Å². The molecule has 2 heterocycles. The average Bonchev–Trinajstić information content (AvgIpc) is 3.12. The van der Waals surface area contributed by atoms with Crippen LogP contribution < -0.4 is 10.6 Å². The summed E-state index contributed by atoms with van der Waals surface area (Å²) >= 11 is 12.1. The van der Waals surface area contributed by atoms with Crippen molar-refractivity contribution in [2.24, 2.45) is 5.73 Å². The topological polar surface area (TPSA) is 75.4 Å². The zero-order chi connectivity index (χ0) is 20.5. The second-order valence-corrected chi connectivity index (χ2v) is 8.59. The molecule has 6 nitrogen and oxygen atoms in total. The molecule has 4 rings (SSSR count). The smallest absolute Gasteiger partial charge is 0.231 e. The van der Waals surface area contributed by atoms with Gasteiger partial charge in [-0.05, 0) is 36.5 Å². The van der Waals surface area contributed by atoms with Crippen molar-refractivity contribution in [2.75, 3.05) is 37.6 Å². The van der Waals surface area contributed by atoms with Crippen LogP contribution in [0.15, 0.2) is 24.5 Å². The van der Waals surface area contributed by atoms with Gasteiger partial charge in [-0.3, -0.25) is 4.79 Å². The molecule has 0 bridgehead atoms. The van der Waals surface area contributed by atoms with Crippen molar-refractivity contribution >= 4 is 34.9 Å². The number of halogens is 2. The molecule has 29 heavy (non-hydrogen) atoms. The fourth-order valence-electron chi connectivity index (χ4n) is 4.34. The Morgan fingerprint density at radius 1 is 1.21 bits per heavy atom. The molecule has 2 N–H and O–H groups in total. The third-order valence-corrected chi connectivity index (χ3v) is 6.76. The molecule has 0 unspecified atom stereocenters. The number of nitrogens with two attached hydrogens (primary N) is 1. The average molecular weight is 434 g/mol. The van der Waals surface area contributed by atoms with E-state index in [1.165, 1.54) is 11.3 Å². The van der Waals surface area contributed by atoms with Crippen LogP contribution in [0.2, 0.25) is 10.0 Å². The van der Waals surface area contributed by atoms with Crippen LogP contribution in [0.1, 0.15) is 42.0 Å². The monoisotopic (exact) mass is 433 g/mol. The lowest BCUT2D eigenvalue weighted by molar-refractivity contribution is -0.132. The molecule has 0 saturated carbocycles. The van der Waals surface area contributed by atoms with Crippen molar-refractivity contribution in [1.82, 2.24) is 14.9 Å². The molecule has 1 fully saturated rings. The van der Waals surface area contributed by atoms with Gasteiger partial charge >= 0.3 is 0 Å². The molecular weight excluding hydrogens is 409 g/mol. The normalized spacial score (nSPS) is 19.9. The van der Waals surface area contributed by atoms with Crippen LogP contribution in [0.4, 0.5) is 5.82 Å². The first-order valence-corrected chi connectivity index (χ1v) is 10.8. The van der Waals surface area contributed by atoms with E-state index >= 15 is 0 Å². The minimum atomic E-state index is -0.417. The van der Waals surface area contributed by atoms with E-state index in [-0.39, 0.29) is 12.5 Å². The van der Waals surface area contributed by atoms with Gasteiger partial charge in [0.05, 0.1) is 16.0 Å². The molecule has 1 aromatic carbocycles. The Morgan fingerprint density at radius 3 is 2.66 bits per heavy atom. The van der Waals surface area contributed by atoms with E-state index in [4.69, 9.17) is 28.9 Å². The molecule has 1 aromatic heterocycles. The molecule has 2 aliphatic rings. The Bertz CT molecular complexity index is 914. The maximum atomic E-state index is 13.1. The Morgan fingerprint density at radius 2 is 1.97 bits per heavy atom. The van der Waals surface area contributed by atoms with Crippen molar-refractivity contribution in [3.05, 3.63) is 51.4 Å². The summed E-state index contributed by atoms with van der Waals surface area (Å²) in [5.41, 5.74) is 9.20. The van der Waals surface area contributed by atoms with Crippen molar-refractivity contribution < 1.29 is 4.79 Å². The zero-order valence-electron chi connectivity index (χ0n) is 16.4. The van der Waals surface area contributed by atoms with E-state index in [1.54, 1.807) is 18.5 Å². The molecule has 0 spiro atoms. The van der Waals surface area contributed by atoms with Gasteiger partial charge in [-0.1, -0.05) is 36.2 Å². The number of hydrogen-bond donors (Lipinski definition) is 1. The number of carbonyl (C=O) groups is 1. The van der Waals surface area contributed by atoms with E-state index in [1.807, 2.05) is 11.0 Å². The number of rotatable bonds is 4. The highest BCUT2D eigenvalue weighted by atomic mass is 35.5. The Labute approximate surface area is 181 Å². The van der Waals surface area contributed by atoms with E-state index in [0.29, 0.717) is 29.1 Å². The van der Waals surface area contributed by atoms with Crippen LogP contribution in [-0.2, 0) is 11.2 Å². The number of hydrogen-bond acceptors (Lipinski definition) is 5. The summed E-state index contributed by atoms with van der Waals surface area (Å²) in [6.07, 6.45) is 3.81. The lowest BCUT2D eigenvalue weighted by Crippen LogP contribution is -2.51. The SMILES string of the molecule is C[C@@H]1CCc2ncnc(N3CCN(C(=O)[C@@H](CN)c4ccc(Cl)c(Cl)c4)CC3)c21. The third kappa shape index (κ3) is 3.93. The predicted molar refractivity (Wildman–Crippen MR) is 116 cm³/mol. The lowest BCUT2D eigenvalue weighted by Gasteiger charge is -2.37. The maximum absolute atomic E-state index is 13.1. The number of benzene rings is 1. The molecule has 1 amide bonds. The highest BCUT2D eigenvalue weighted by Gasteiger charge is 2.31. The second kappa shape index (κ2) is 8.46. The van der Waals surface area contributed by atoms with Gasteiger partial charge in [-0.2, -0.15) is 0 Å². The molecule has 0 radical (unpaired) electrons. The summed E-state index contributed by atoms with van der Waals surface area (Å²) in [4.78, 5) is 26.3. The Kier molecular flexibility index (Phi) is 5.95. The van der Waals surface area contributed by atoms with Crippen LogP contribution >= 0.6 is 23.2 Å². The van der Waals surface area contributed by atoms with Gasteiger partial charge in [0, 0.05) is 44.0 Å². The zero-order valence-corrected chi connectivity index (χ0v) is 18.0. The van der Waals surface area contributed by atoms with Gasteiger partial charge in [0.1, 0.15) is 12.1 Å². The predicted octanol–water partition coefficient (Wildman–Crippen LogP) is 3.22. The largest absolute Gasteiger partial charge is 0.353 e. The van der Waals surface area contributed by atoms with Gasteiger partial charge in [-0.15, -0.1) is 0 Å². The van der Waals surface area contributed by atoms with Gasteiger partial charge in [0.15, 0.2) is 0 Å². The fraction of sp³-hybridized carbons (Fsp3) is 0.476. The number of aryl methyl sites for hydroxylation is 1. The van der Waals surface area contributed by atoms with Crippen LogP contribution in [0.25, 0.3) is 0 Å². The first-order valence-electron chi connectivity index (χ1n) is 10.0. The summed E-state index contributed by atoms with van der Waals surface area (Å²) in [7, 11) is 0. The number of anilines is 1. The van der Waals surface area contributed by atoms with Crippen LogP contribution in [0.5, 0.6) is 0 Å². The third-order valence-electron chi connectivity index (χ3n) is 6.02. The quantitative estimate of drug-likeness (QED) is 0.800. The molecule has 1 saturated heterocycles. The second-order valence-electron chi connectivity index (χ2n) is 7.77. The number of fused-ring (bicyclic) bond motifs is 1. The van der Waals surface area contributed by atoms with E-state index in [2.05, 4.69) is 21.8 Å². The van der Waals surface area contributed by atoms with Crippen LogP contribution in [-0.4, -0.2) is 53.5 Å². The molecule has 1 aliphatic heterocycles. The van der Waals surface area contributed by atoms with Gasteiger partial charge in [0.2, 0.25) is 5.91 Å².